The molecule has 2 aromatic rings. The molecule has 0 saturated heterocycles. The molecule has 0 unspecified atom stereocenters. The molecule has 1 N–H and O–H groups in total. The van der Waals surface area contributed by atoms with Gasteiger partial charge in [-0.25, -0.2) is 4.79 Å². The molecule has 120 valence electrons. The molecular weight excluding hydrogens is 300 g/mol. The van der Waals surface area contributed by atoms with Crippen molar-refractivity contribution >= 4 is 11.6 Å². The number of allylic oxidation sites excluding steroid dienone is 1. The molecule has 0 saturated carbocycles. The normalized spacial score (nSPS) is 10.2. The fourth-order valence-electron chi connectivity index (χ4n) is 2.00. The van der Waals surface area contributed by atoms with Gasteiger partial charge in [0.05, 0.1) is 12.8 Å². The van der Waals surface area contributed by atoms with Gasteiger partial charge in [-0.15, -0.1) is 11.7 Å². The first-order valence-electron chi connectivity index (χ1n) is 6.75. The Morgan fingerprint density at radius 1 is 1.43 bits per heavy atom. The van der Waals surface area contributed by atoms with Crippen molar-refractivity contribution in [2.75, 3.05) is 12.4 Å². The van der Waals surface area contributed by atoms with Crippen molar-refractivity contribution in [3.63, 3.8) is 0 Å². The van der Waals surface area contributed by atoms with Gasteiger partial charge < -0.3 is 10.1 Å². The van der Waals surface area contributed by atoms with Crippen LogP contribution < -0.4 is 21.3 Å². The molecule has 0 spiro atoms. The van der Waals surface area contributed by atoms with Gasteiger partial charge in [0, 0.05) is 19.2 Å². The summed E-state index contributed by atoms with van der Waals surface area (Å²) in [4.78, 5) is 35.7. The molecule has 0 radical (unpaired) electrons. The van der Waals surface area contributed by atoms with Gasteiger partial charge in [0.15, 0.2) is 0 Å². The highest BCUT2D eigenvalue weighted by Crippen LogP contribution is 2.13. The maximum atomic E-state index is 12.5. The van der Waals surface area contributed by atoms with Crippen LogP contribution in [0.1, 0.15) is 6.92 Å². The van der Waals surface area contributed by atoms with Crippen molar-refractivity contribution in [2.45, 2.75) is 13.5 Å². The average Bonchev–Trinajstić information content (AvgIpc) is 2.51. The number of rotatable bonds is 5. The maximum Gasteiger partial charge on any atom is 0.352 e. The van der Waals surface area contributed by atoms with Gasteiger partial charge in [-0.3, -0.25) is 14.2 Å². The van der Waals surface area contributed by atoms with Crippen LogP contribution in [0.15, 0.2) is 46.5 Å². The van der Waals surface area contributed by atoms with E-state index < -0.39 is 11.2 Å². The van der Waals surface area contributed by atoms with E-state index in [1.165, 1.54) is 20.1 Å². The van der Waals surface area contributed by atoms with Crippen molar-refractivity contribution in [1.29, 1.82) is 0 Å². The van der Waals surface area contributed by atoms with E-state index in [1.807, 2.05) is 0 Å². The van der Waals surface area contributed by atoms with E-state index in [0.717, 1.165) is 9.25 Å². The molecule has 0 aliphatic carbocycles. The van der Waals surface area contributed by atoms with E-state index in [4.69, 9.17) is 4.74 Å². The topological polar surface area (TPSA) is 95.2 Å². The van der Waals surface area contributed by atoms with Crippen LogP contribution in [-0.2, 0) is 11.3 Å². The summed E-state index contributed by atoms with van der Waals surface area (Å²) >= 11 is 0. The van der Waals surface area contributed by atoms with Crippen molar-refractivity contribution in [3.8, 4) is 11.6 Å². The van der Waals surface area contributed by atoms with Crippen LogP contribution in [0.25, 0.3) is 5.69 Å². The Morgan fingerprint density at radius 2 is 2.17 bits per heavy atom. The number of methoxy groups -OCH3 is 1. The van der Waals surface area contributed by atoms with E-state index in [2.05, 4.69) is 17.0 Å². The first-order chi connectivity index (χ1) is 11.0. The number of amides is 1. The summed E-state index contributed by atoms with van der Waals surface area (Å²) in [7, 11) is 1.30. The minimum atomic E-state index is -0.633. The number of nitrogens with zero attached hydrogens (tertiary/aromatic N) is 3. The molecule has 2 rings (SSSR count). The lowest BCUT2D eigenvalue weighted by molar-refractivity contribution is -0.114. The summed E-state index contributed by atoms with van der Waals surface area (Å²) in [6.07, 6.45) is 1.43. The standard InChI is InChI=1S/C15H16N4O4/c1-4-8-18-14(21)13(23-3)17-19(15(18)22)12-7-5-6-11(9-12)16-10(2)20/h4-7,9H,1,8H2,2-3H3,(H,16,20). The van der Waals surface area contributed by atoms with Crippen LogP contribution in [0.4, 0.5) is 5.69 Å². The predicted molar refractivity (Wildman–Crippen MR) is 85.1 cm³/mol. The Hall–Kier alpha value is -3.16. The van der Waals surface area contributed by atoms with Gasteiger partial charge in [0.2, 0.25) is 5.91 Å². The minimum absolute atomic E-state index is 0.0297. The van der Waals surface area contributed by atoms with Crippen molar-refractivity contribution in [3.05, 3.63) is 57.8 Å². The Morgan fingerprint density at radius 3 is 2.78 bits per heavy atom. The summed E-state index contributed by atoms with van der Waals surface area (Å²) in [6.45, 7) is 4.94. The van der Waals surface area contributed by atoms with Crippen LogP contribution in [0, 0.1) is 0 Å². The number of nitrogens with one attached hydrogen (secondary N) is 1. The van der Waals surface area contributed by atoms with Crippen molar-refractivity contribution in [2.24, 2.45) is 0 Å². The van der Waals surface area contributed by atoms with Crippen LogP contribution >= 0.6 is 0 Å². The highest BCUT2D eigenvalue weighted by Gasteiger charge is 2.14. The van der Waals surface area contributed by atoms with Crippen LogP contribution in [0.3, 0.4) is 0 Å². The number of carbonyl (C=O) groups is 1. The van der Waals surface area contributed by atoms with Crippen molar-refractivity contribution in [1.82, 2.24) is 14.3 Å². The number of ether oxygens (including phenoxy) is 1. The summed E-state index contributed by atoms with van der Waals surface area (Å²) in [5, 5.41) is 6.54. The molecule has 8 heteroatoms. The third-order valence-corrected chi connectivity index (χ3v) is 2.95. The zero-order valence-corrected chi connectivity index (χ0v) is 12.8. The predicted octanol–water partition coefficient (Wildman–Crippen LogP) is 0.547. The monoisotopic (exact) mass is 316 g/mol. The molecule has 1 heterocycles. The van der Waals surface area contributed by atoms with E-state index in [1.54, 1.807) is 24.3 Å². The average molecular weight is 316 g/mol. The number of carbonyl (C=O) groups excluding carboxylic acids is 1. The first kappa shape index (κ1) is 16.2. The van der Waals surface area contributed by atoms with Gasteiger partial charge in [0.1, 0.15) is 0 Å². The van der Waals surface area contributed by atoms with Gasteiger partial charge >= 0.3 is 11.2 Å². The van der Waals surface area contributed by atoms with Gasteiger partial charge in [-0.05, 0) is 18.2 Å². The lowest BCUT2D eigenvalue weighted by Crippen LogP contribution is -2.41. The van der Waals surface area contributed by atoms with E-state index >= 15 is 0 Å². The fourth-order valence-corrected chi connectivity index (χ4v) is 2.00. The quantitative estimate of drug-likeness (QED) is 0.813. The second kappa shape index (κ2) is 6.73. The van der Waals surface area contributed by atoms with Crippen LogP contribution in [0.2, 0.25) is 0 Å². The third kappa shape index (κ3) is 3.37. The third-order valence-electron chi connectivity index (χ3n) is 2.95. The number of hydrogen-bond acceptors (Lipinski definition) is 5. The second-order valence-corrected chi connectivity index (χ2v) is 4.64. The smallest absolute Gasteiger partial charge is 0.352 e. The Bertz CT molecular complexity index is 867. The zero-order chi connectivity index (χ0) is 17.0. The molecular formula is C15H16N4O4. The Kier molecular flexibility index (Phi) is 4.75. The maximum absolute atomic E-state index is 12.5. The summed E-state index contributed by atoms with van der Waals surface area (Å²) in [6, 6.07) is 6.52. The number of anilines is 1. The number of hydrogen-bond donors (Lipinski definition) is 1. The number of benzene rings is 1. The van der Waals surface area contributed by atoms with Gasteiger partial charge in [-0.2, -0.15) is 4.68 Å². The SMILES string of the molecule is C=CCn1c(=O)c(OC)nn(-c2cccc(NC(C)=O)c2)c1=O. The molecule has 1 amide bonds. The zero-order valence-electron chi connectivity index (χ0n) is 12.8. The molecule has 8 nitrogen and oxygen atoms in total. The van der Waals surface area contributed by atoms with Crippen LogP contribution in [-0.4, -0.2) is 27.4 Å². The molecule has 0 aliphatic rings. The highest BCUT2D eigenvalue weighted by molar-refractivity contribution is 5.88. The van der Waals surface area contributed by atoms with E-state index in [-0.39, 0.29) is 18.3 Å². The van der Waals surface area contributed by atoms with Crippen LogP contribution in [0.5, 0.6) is 5.88 Å². The molecule has 23 heavy (non-hydrogen) atoms. The largest absolute Gasteiger partial charge is 0.476 e. The first-order valence-corrected chi connectivity index (χ1v) is 6.75. The Balaban J connectivity index is 2.66. The highest BCUT2D eigenvalue weighted by atomic mass is 16.5. The summed E-state index contributed by atoms with van der Waals surface area (Å²) < 4.78 is 6.93. The fraction of sp³-hybridized carbons (Fsp3) is 0.200. The minimum Gasteiger partial charge on any atom is -0.476 e. The van der Waals surface area contributed by atoms with Gasteiger partial charge in [-0.1, -0.05) is 12.1 Å². The molecule has 0 bridgehead atoms. The molecule has 0 aliphatic heterocycles. The van der Waals surface area contributed by atoms with E-state index in [0.29, 0.717) is 11.4 Å². The van der Waals surface area contributed by atoms with Gasteiger partial charge in [0.25, 0.3) is 5.88 Å². The summed E-state index contributed by atoms with van der Waals surface area (Å²) in [5.74, 6) is -0.451. The Labute approximate surface area is 131 Å². The molecule has 0 atom stereocenters. The molecule has 0 fully saturated rings. The molecule has 1 aromatic carbocycles. The van der Waals surface area contributed by atoms with E-state index in [9.17, 15) is 14.4 Å². The lowest BCUT2D eigenvalue weighted by atomic mass is 10.3. The van der Waals surface area contributed by atoms with Crippen molar-refractivity contribution < 1.29 is 9.53 Å². The second-order valence-electron chi connectivity index (χ2n) is 4.64. The molecule has 1 aromatic heterocycles. The number of aromatic nitrogens is 3. The summed E-state index contributed by atoms with van der Waals surface area (Å²) in [5.41, 5.74) is -0.371. The lowest BCUT2D eigenvalue weighted by Gasteiger charge is -2.11.